The molecule has 156 valence electrons. The Morgan fingerprint density at radius 3 is 2.13 bits per heavy atom. The summed E-state index contributed by atoms with van der Waals surface area (Å²) in [5.41, 5.74) is 2.08. The topological polar surface area (TPSA) is 75.3 Å². The van der Waals surface area contributed by atoms with Crippen molar-refractivity contribution >= 4 is 21.6 Å². The van der Waals surface area contributed by atoms with Crippen LogP contribution in [0.5, 0.6) is 0 Å². The zero-order valence-corrected chi connectivity index (χ0v) is 18.2. The number of benzene rings is 3. The summed E-state index contributed by atoms with van der Waals surface area (Å²) in [6.45, 7) is 5.77. The lowest BCUT2D eigenvalue weighted by Gasteiger charge is -2.27. The first-order chi connectivity index (χ1) is 14.2. The summed E-state index contributed by atoms with van der Waals surface area (Å²) in [6, 6.07) is 23.1. The van der Waals surface area contributed by atoms with Crippen LogP contribution in [0.15, 0.2) is 83.8 Å². The van der Waals surface area contributed by atoms with Crippen LogP contribution in [0.2, 0.25) is 0 Å². The predicted molar refractivity (Wildman–Crippen MR) is 120 cm³/mol. The highest BCUT2D eigenvalue weighted by molar-refractivity contribution is 7.92. The molecule has 3 aromatic rings. The smallest absolute Gasteiger partial charge is 0.261 e. The fourth-order valence-corrected chi connectivity index (χ4v) is 4.30. The molecule has 0 heterocycles. The van der Waals surface area contributed by atoms with Crippen LogP contribution in [-0.2, 0) is 16.4 Å². The Labute approximate surface area is 178 Å². The number of nitrogens with one attached hydrogen (secondary N) is 2. The number of hydrogen-bond acceptors (Lipinski definition) is 3. The number of hydrogen-bond donors (Lipinski definition) is 2. The van der Waals surface area contributed by atoms with E-state index in [-0.39, 0.29) is 22.1 Å². The van der Waals surface area contributed by atoms with Gasteiger partial charge in [-0.05, 0) is 57.0 Å². The molecule has 30 heavy (non-hydrogen) atoms. The van der Waals surface area contributed by atoms with Crippen molar-refractivity contribution in [2.75, 3.05) is 4.72 Å². The normalized spacial score (nSPS) is 11.7. The number of anilines is 1. The first-order valence-corrected chi connectivity index (χ1v) is 11.2. The molecule has 1 amide bonds. The van der Waals surface area contributed by atoms with Crippen molar-refractivity contribution in [1.82, 2.24) is 5.32 Å². The van der Waals surface area contributed by atoms with E-state index in [0.29, 0.717) is 6.42 Å². The summed E-state index contributed by atoms with van der Waals surface area (Å²) < 4.78 is 28.1. The fourth-order valence-electron chi connectivity index (χ4n) is 3.22. The van der Waals surface area contributed by atoms with Gasteiger partial charge in [-0.3, -0.25) is 9.52 Å². The molecule has 6 heteroatoms. The minimum Gasteiger partial charge on any atom is -0.347 e. The SMILES string of the molecule is Cc1ccc(S(=O)(=O)Nc2ccccc2C(=O)NC(C)(C)Cc2ccccc2)cc1. The summed E-state index contributed by atoms with van der Waals surface area (Å²) in [4.78, 5) is 13.1. The maximum absolute atomic E-state index is 13.0. The molecule has 3 aromatic carbocycles. The Morgan fingerprint density at radius 1 is 0.867 bits per heavy atom. The van der Waals surface area contributed by atoms with Gasteiger partial charge in [0.15, 0.2) is 0 Å². The second-order valence-electron chi connectivity index (χ2n) is 7.96. The van der Waals surface area contributed by atoms with Gasteiger partial charge < -0.3 is 5.32 Å². The summed E-state index contributed by atoms with van der Waals surface area (Å²) in [5.74, 6) is -0.335. The van der Waals surface area contributed by atoms with Crippen molar-refractivity contribution in [3.8, 4) is 0 Å². The van der Waals surface area contributed by atoms with Crippen LogP contribution >= 0.6 is 0 Å². The van der Waals surface area contributed by atoms with Crippen LogP contribution in [0.3, 0.4) is 0 Å². The molecule has 3 rings (SSSR count). The molecule has 0 aromatic heterocycles. The first-order valence-electron chi connectivity index (χ1n) is 9.71. The largest absolute Gasteiger partial charge is 0.347 e. The van der Waals surface area contributed by atoms with E-state index in [0.717, 1.165) is 11.1 Å². The molecule has 0 saturated carbocycles. The third-order valence-electron chi connectivity index (χ3n) is 4.69. The minimum absolute atomic E-state index is 0.146. The lowest BCUT2D eigenvalue weighted by molar-refractivity contribution is 0.0914. The van der Waals surface area contributed by atoms with Gasteiger partial charge in [0.1, 0.15) is 0 Å². The van der Waals surface area contributed by atoms with Gasteiger partial charge in [0.2, 0.25) is 0 Å². The van der Waals surface area contributed by atoms with Crippen molar-refractivity contribution < 1.29 is 13.2 Å². The molecule has 0 atom stereocenters. The quantitative estimate of drug-likeness (QED) is 0.587. The zero-order chi connectivity index (χ0) is 21.8. The molecule has 0 aliphatic carbocycles. The third-order valence-corrected chi connectivity index (χ3v) is 6.07. The molecule has 5 nitrogen and oxygen atoms in total. The number of rotatable bonds is 7. The lowest BCUT2D eigenvalue weighted by Crippen LogP contribution is -2.45. The predicted octanol–water partition coefficient (Wildman–Crippen LogP) is 4.55. The Kier molecular flexibility index (Phi) is 6.27. The lowest BCUT2D eigenvalue weighted by atomic mass is 9.94. The van der Waals surface area contributed by atoms with Crippen LogP contribution in [0, 0.1) is 6.92 Å². The molecule has 0 saturated heterocycles. The number of para-hydroxylation sites is 1. The number of sulfonamides is 1. The molecule has 0 aliphatic heterocycles. The number of amides is 1. The third kappa shape index (κ3) is 5.48. The van der Waals surface area contributed by atoms with Crippen LogP contribution in [0.1, 0.15) is 35.3 Å². The Hall–Kier alpha value is -3.12. The van der Waals surface area contributed by atoms with E-state index >= 15 is 0 Å². The monoisotopic (exact) mass is 422 g/mol. The van der Waals surface area contributed by atoms with Gasteiger partial charge >= 0.3 is 0 Å². The van der Waals surface area contributed by atoms with E-state index in [1.807, 2.05) is 51.1 Å². The number of aryl methyl sites for hydroxylation is 1. The van der Waals surface area contributed by atoms with Crippen molar-refractivity contribution in [3.63, 3.8) is 0 Å². The van der Waals surface area contributed by atoms with Crippen LogP contribution < -0.4 is 10.0 Å². The first kappa shape index (κ1) is 21.6. The van der Waals surface area contributed by atoms with E-state index < -0.39 is 15.6 Å². The maximum atomic E-state index is 13.0. The highest BCUT2D eigenvalue weighted by Crippen LogP contribution is 2.22. The van der Waals surface area contributed by atoms with Gasteiger partial charge in [0.05, 0.1) is 16.1 Å². The molecule has 0 spiro atoms. The van der Waals surface area contributed by atoms with Gasteiger partial charge in [0.25, 0.3) is 15.9 Å². The van der Waals surface area contributed by atoms with Crippen LogP contribution in [-0.4, -0.2) is 19.9 Å². The van der Waals surface area contributed by atoms with E-state index in [1.54, 1.807) is 48.5 Å². The van der Waals surface area contributed by atoms with Crippen molar-refractivity contribution in [3.05, 3.63) is 95.6 Å². The summed E-state index contributed by atoms with van der Waals surface area (Å²) in [6.07, 6.45) is 0.650. The number of carbonyl (C=O) groups excluding carboxylic acids is 1. The standard InChI is InChI=1S/C24H26N2O3S/c1-18-13-15-20(16-14-18)30(28,29)26-22-12-8-7-11-21(22)23(27)25-24(2,3)17-19-9-5-4-6-10-19/h4-16,26H,17H2,1-3H3,(H,25,27). The minimum atomic E-state index is -3.81. The number of carbonyl (C=O) groups is 1. The van der Waals surface area contributed by atoms with E-state index in [9.17, 15) is 13.2 Å². The maximum Gasteiger partial charge on any atom is 0.261 e. The average Bonchev–Trinajstić information content (AvgIpc) is 2.68. The van der Waals surface area contributed by atoms with Gasteiger partial charge in [-0.15, -0.1) is 0 Å². The van der Waals surface area contributed by atoms with Gasteiger partial charge in [-0.2, -0.15) is 0 Å². The molecule has 0 radical (unpaired) electrons. The van der Waals surface area contributed by atoms with E-state index in [2.05, 4.69) is 10.0 Å². The highest BCUT2D eigenvalue weighted by atomic mass is 32.2. The molecular weight excluding hydrogens is 396 g/mol. The van der Waals surface area contributed by atoms with Crippen molar-refractivity contribution in [2.45, 2.75) is 37.6 Å². The highest BCUT2D eigenvalue weighted by Gasteiger charge is 2.24. The molecule has 0 bridgehead atoms. The second-order valence-corrected chi connectivity index (χ2v) is 9.65. The van der Waals surface area contributed by atoms with Gasteiger partial charge in [-0.1, -0.05) is 60.2 Å². The second kappa shape index (κ2) is 8.71. The molecule has 0 fully saturated rings. The molecular formula is C24H26N2O3S. The molecule has 2 N–H and O–H groups in total. The van der Waals surface area contributed by atoms with Gasteiger partial charge in [0, 0.05) is 5.54 Å². The van der Waals surface area contributed by atoms with Crippen molar-refractivity contribution in [1.29, 1.82) is 0 Å². The van der Waals surface area contributed by atoms with Gasteiger partial charge in [-0.25, -0.2) is 8.42 Å². The molecule has 0 unspecified atom stereocenters. The Bertz CT molecular complexity index is 1120. The van der Waals surface area contributed by atoms with Crippen LogP contribution in [0.25, 0.3) is 0 Å². The average molecular weight is 423 g/mol. The Balaban J connectivity index is 1.80. The van der Waals surface area contributed by atoms with Crippen LogP contribution in [0.4, 0.5) is 5.69 Å². The molecule has 0 aliphatic rings. The van der Waals surface area contributed by atoms with E-state index in [4.69, 9.17) is 0 Å². The van der Waals surface area contributed by atoms with Crippen molar-refractivity contribution in [2.24, 2.45) is 0 Å². The summed E-state index contributed by atoms with van der Waals surface area (Å²) >= 11 is 0. The van der Waals surface area contributed by atoms with E-state index in [1.165, 1.54) is 0 Å². The summed E-state index contributed by atoms with van der Waals surface area (Å²) in [5, 5.41) is 3.02. The zero-order valence-electron chi connectivity index (χ0n) is 17.3. The fraction of sp³-hybridized carbons (Fsp3) is 0.208. The summed E-state index contributed by atoms with van der Waals surface area (Å²) in [7, 11) is -3.81. The Morgan fingerprint density at radius 2 is 1.47 bits per heavy atom.